The molecule has 1 aromatic rings. The molecule has 2 rings (SSSR count). The number of piperidine rings is 1. The molecule has 1 amide bonds. The fourth-order valence-corrected chi connectivity index (χ4v) is 2.43. The van der Waals surface area contributed by atoms with Crippen molar-refractivity contribution in [2.75, 3.05) is 18.9 Å². The summed E-state index contributed by atoms with van der Waals surface area (Å²) in [7, 11) is 0. The van der Waals surface area contributed by atoms with Gasteiger partial charge in [0.2, 0.25) is 5.91 Å². The van der Waals surface area contributed by atoms with Crippen LogP contribution in [-0.4, -0.2) is 39.7 Å². The van der Waals surface area contributed by atoms with Crippen LogP contribution in [-0.2, 0) is 11.3 Å². The van der Waals surface area contributed by atoms with Crippen LogP contribution in [0, 0.1) is 0 Å². The highest BCUT2D eigenvalue weighted by molar-refractivity contribution is 5.76. The molecule has 0 aliphatic carbocycles. The first-order chi connectivity index (χ1) is 9.11. The number of likely N-dealkylation sites (tertiary alicyclic amines) is 1. The van der Waals surface area contributed by atoms with Crippen LogP contribution in [0.15, 0.2) is 23.1 Å². The molecule has 1 aromatic heterocycles. The van der Waals surface area contributed by atoms with Crippen molar-refractivity contribution in [3.05, 3.63) is 28.7 Å². The summed E-state index contributed by atoms with van der Waals surface area (Å²) < 4.78 is 1.31. The van der Waals surface area contributed by atoms with Crippen LogP contribution >= 0.6 is 0 Å². The Kier molecular flexibility index (Phi) is 4.21. The van der Waals surface area contributed by atoms with Crippen LogP contribution in [0.3, 0.4) is 0 Å². The third kappa shape index (κ3) is 3.14. The minimum absolute atomic E-state index is 0.0274. The summed E-state index contributed by atoms with van der Waals surface area (Å²) in [6.07, 6.45) is 4.24. The van der Waals surface area contributed by atoms with Crippen LogP contribution in [0.5, 0.6) is 0 Å². The SMILES string of the molecule is Nc1ccc(=O)n(CC(=O)N2CCCCC2CO)c1. The number of carbonyl (C=O) groups is 1. The number of amides is 1. The van der Waals surface area contributed by atoms with Crippen molar-refractivity contribution >= 4 is 11.6 Å². The monoisotopic (exact) mass is 265 g/mol. The van der Waals surface area contributed by atoms with Gasteiger partial charge in [-0.3, -0.25) is 9.59 Å². The smallest absolute Gasteiger partial charge is 0.251 e. The highest BCUT2D eigenvalue weighted by atomic mass is 16.3. The molecular formula is C13H19N3O3. The van der Waals surface area contributed by atoms with Gasteiger partial charge >= 0.3 is 0 Å². The molecule has 19 heavy (non-hydrogen) atoms. The van der Waals surface area contributed by atoms with Crippen molar-refractivity contribution in [2.24, 2.45) is 0 Å². The van der Waals surface area contributed by atoms with Crippen LogP contribution < -0.4 is 11.3 Å². The summed E-state index contributed by atoms with van der Waals surface area (Å²) in [6, 6.07) is 2.74. The Morgan fingerprint density at radius 3 is 2.95 bits per heavy atom. The summed E-state index contributed by atoms with van der Waals surface area (Å²) in [6.45, 7) is 0.582. The Hall–Kier alpha value is -1.82. The molecule has 1 atom stereocenters. The summed E-state index contributed by atoms with van der Waals surface area (Å²) in [5.41, 5.74) is 5.81. The first kappa shape index (κ1) is 13.6. The lowest BCUT2D eigenvalue weighted by molar-refractivity contribution is -0.136. The average molecular weight is 265 g/mol. The molecule has 1 unspecified atom stereocenters. The first-order valence-corrected chi connectivity index (χ1v) is 6.48. The molecule has 1 aliphatic rings. The number of carbonyl (C=O) groups excluding carboxylic acids is 1. The Labute approximate surface area is 111 Å². The third-order valence-electron chi connectivity index (χ3n) is 3.47. The number of nitrogens with zero attached hydrogens (tertiary/aromatic N) is 2. The predicted molar refractivity (Wildman–Crippen MR) is 71.6 cm³/mol. The molecule has 3 N–H and O–H groups in total. The van der Waals surface area contributed by atoms with E-state index < -0.39 is 0 Å². The van der Waals surface area contributed by atoms with E-state index in [1.165, 1.54) is 22.9 Å². The van der Waals surface area contributed by atoms with E-state index in [0.29, 0.717) is 12.2 Å². The quantitative estimate of drug-likeness (QED) is 0.792. The minimum Gasteiger partial charge on any atom is -0.398 e. The summed E-state index contributed by atoms with van der Waals surface area (Å²) >= 11 is 0. The number of aliphatic hydroxyl groups is 1. The Balaban J connectivity index is 2.11. The zero-order valence-electron chi connectivity index (χ0n) is 10.8. The maximum Gasteiger partial charge on any atom is 0.251 e. The minimum atomic E-state index is -0.250. The number of hydrogen-bond acceptors (Lipinski definition) is 4. The van der Waals surface area contributed by atoms with Gasteiger partial charge in [-0.05, 0) is 25.3 Å². The fraction of sp³-hybridized carbons (Fsp3) is 0.538. The lowest BCUT2D eigenvalue weighted by atomic mass is 10.0. The van der Waals surface area contributed by atoms with Gasteiger partial charge in [0.1, 0.15) is 6.54 Å². The molecule has 0 spiro atoms. The topological polar surface area (TPSA) is 88.6 Å². The van der Waals surface area contributed by atoms with E-state index in [1.807, 2.05) is 0 Å². The highest BCUT2D eigenvalue weighted by Crippen LogP contribution is 2.17. The van der Waals surface area contributed by atoms with Crippen molar-refractivity contribution in [1.29, 1.82) is 0 Å². The molecule has 0 aromatic carbocycles. The van der Waals surface area contributed by atoms with Gasteiger partial charge in [0, 0.05) is 24.5 Å². The molecule has 1 fully saturated rings. The van der Waals surface area contributed by atoms with Gasteiger partial charge < -0.3 is 20.3 Å². The van der Waals surface area contributed by atoms with E-state index in [1.54, 1.807) is 4.90 Å². The zero-order chi connectivity index (χ0) is 13.8. The molecule has 1 aliphatic heterocycles. The molecule has 1 saturated heterocycles. The number of aliphatic hydroxyl groups excluding tert-OH is 1. The number of anilines is 1. The molecule has 6 heteroatoms. The van der Waals surface area contributed by atoms with Gasteiger partial charge in [0.05, 0.1) is 12.6 Å². The number of pyridine rings is 1. The van der Waals surface area contributed by atoms with Crippen LogP contribution in [0.2, 0.25) is 0 Å². The lowest BCUT2D eigenvalue weighted by Crippen LogP contribution is -2.47. The number of rotatable bonds is 3. The predicted octanol–water partition coefficient (Wildman–Crippen LogP) is -0.196. The van der Waals surface area contributed by atoms with Crippen LogP contribution in [0.1, 0.15) is 19.3 Å². The van der Waals surface area contributed by atoms with Crippen molar-refractivity contribution in [2.45, 2.75) is 31.8 Å². The van der Waals surface area contributed by atoms with Gasteiger partial charge in [-0.1, -0.05) is 0 Å². The van der Waals surface area contributed by atoms with Gasteiger partial charge in [-0.25, -0.2) is 0 Å². The second-order valence-electron chi connectivity index (χ2n) is 4.85. The number of hydrogen-bond donors (Lipinski definition) is 2. The fourth-order valence-electron chi connectivity index (χ4n) is 2.43. The highest BCUT2D eigenvalue weighted by Gasteiger charge is 2.26. The van der Waals surface area contributed by atoms with Crippen molar-refractivity contribution in [1.82, 2.24) is 9.47 Å². The summed E-state index contributed by atoms with van der Waals surface area (Å²) in [5, 5.41) is 9.29. The first-order valence-electron chi connectivity index (χ1n) is 6.48. The van der Waals surface area contributed by atoms with E-state index in [2.05, 4.69) is 0 Å². The number of aromatic nitrogens is 1. The average Bonchev–Trinajstić information content (AvgIpc) is 2.42. The van der Waals surface area contributed by atoms with E-state index in [0.717, 1.165) is 19.3 Å². The Morgan fingerprint density at radius 1 is 1.42 bits per heavy atom. The Bertz CT molecular complexity index is 512. The van der Waals surface area contributed by atoms with E-state index >= 15 is 0 Å². The van der Waals surface area contributed by atoms with E-state index in [4.69, 9.17) is 5.73 Å². The molecule has 2 heterocycles. The number of nitrogens with two attached hydrogens (primary N) is 1. The van der Waals surface area contributed by atoms with Gasteiger partial charge in [0.25, 0.3) is 5.56 Å². The Morgan fingerprint density at radius 2 is 2.21 bits per heavy atom. The maximum absolute atomic E-state index is 12.2. The second-order valence-corrected chi connectivity index (χ2v) is 4.85. The third-order valence-corrected chi connectivity index (χ3v) is 3.47. The lowest BCUT2D eigenvalue weighted by Gasteiger charge is -2.34. The summed E-state index contributed by atoms with van der Waals surface area (Å²) in [5.74, 6) is -0.147. The molecule has 104 valence electrons. The van der Waals surface area contributed by atoms with Crippen molar-refractivity contribution in [3.8, 4) is 0 Å². The van der Waals surface area contributed by atoms with Crippen molar-refractivity contribution < 1.29 is 9.90 Å². The zero-order valence-corrected chi connectivity index (χ0v) is 10.8. The number of nitrogen functional groups attached to an aromatic ring is 1. The van der Waals surface area contributed by atoms with Crippen LogP contribution in [0.4, 0.5) is 5.69 Å². The maximum atomic E-state index is 12.2. The van der Waals surface area contributed by atoms with E-state index in [-0.39, 0.29) is 30.7 Å². The molecular weight excluding hydrogens is 246 g/mol. The van der Waals surface area contributed by atoms with E-state index in [9.17, 15) is 14.7 Å². The molecule has 0 radical (unpaired) electrons. The van der Waals surface area contributed by atoms with Gasteiger partial charge in [0.15, 0.2) is 0 Å². The van der Waals surface area contributed by atoms with Crippen LogP contribution in [0.25, 0.3) is 0 Å². The molecule has 0 bridgehead atoms. The van der Waals surface area contributed by atoms with Gasteiger partial charge in [-0.15, -0.1) is 0 Å². The largest absolute Gasteiger partial charge is 0.398 e. The molecule has 0 saturated carbocycles. The summed E-state index contributed by atoms with van der Waals surface area (Å²) in [4.78, 5) is 25.5. The molecule has 6 nitrogen and oxygen atoms in total. The standard InChI is InChI=1S/C13H19N3O3/c14-10-4-5-12(18)15(7-10)8-13(19)16-6-2-1-3-11(16)9-17/h4-5,7,11,17H,1-3,6,8-9,14H2. The second kappa shape index (κ2) is 5.88. The van der Waals surface area contributed by atoms with Gasteiger partial charge in [-0.2, -0.15) is 0 Å². The normalized spacial score (nSPS) is 19.4. The van der Waals surface area contributed by atoms with Crippen molar-refractivity contribution in [3.63, 3.8) is 0 Å².